The fraction of sp³-hybridized carbons (Fsp3) is 0.476. The summed E-state index contributed by atoms with van der Waals surface area (Å²) in [4.78, 5) is 16.9. The van der Waals surface area contributed by atoms with Crippen LogP contribution in [-0.2, 0) is 11.3 Å². The quantitative estimate of drug-likeness (QED) is 0.698. The molecule has 0 N–H and O–H groups in total. The number of likely N-dealkylation sites (tertiary alicyclic amines) is 1. The zero-order valence-corrected chi connectivity index (χ0v) is 16.3. The van der Waals surface area contributed by atoms with Gasteiger partial charge >= 0.3 is 0 Å². The van der Waals surface area contributed by atoms with Crippen LogP contribution in [0.15, 0.2) is 42.7 Å². The third-order valence-electron chi connectivity index (χ3n) is 5.22. The van der Waals surface area contributed by atoms with Gasteiger partial charge in [-0.05, 0) is 44.0 Å². The third kappa shape index (κ3) is 5.56. The average molecular weight is 386 g/mol. The van der Waals surface area contributed by atoms with E-state index in [1.807, 2.05) is 17.0 Å². The number of nitrogens with zero attached hydrogens (tertiary/aromatic N) is 4. The lowest BCUT2D eigenvalue weighted by Crippen LogP contribution is -2.42. The van der Waals surface area contributed by atoms with Crippen molar-refractivity contribution in [3.8, 4) is 0 Å². The van der Waals surface area contributed by atoms with E-state index in [1.165, 1.54) is 18.5 Å². The first-order chi connectivity index (χ1) is 13.7. The van der Waals surface area contributed by atoms with E-state index >= 15 is 0 Å². The fourth-order valence-corrected chi connectivity index (χ4v) is 3.58. The summed E-state index contributed by atoms with van der Waals surface area (Å²) in [5, 5.41) is 7.54. The Kier molecular flexibility index (Phi) is 7.45. The van der Waals surface area contributed by atoms with Gasteiger partial charge in [0.05, 0.1) is 24.6 Å². The first-order valence-corrected chi connectivity index (χ1v) is 9.68. The monoisotopic (exact) mass is 386 g/mol. The zero-order chi connectivity index (χ0) is 19.8. The van der Waals surface area contributed by atoms with Crippen LogP contribution in [0.25, 0.3) is 0 Å². The molecule has 2 aromatic rings. The van der Waals surface area contributed by atoms with Crippen molar-refractivity contribution in [1.29, 1.82) is 0 Å². The number of methoxy groups -OCH3 is 1. The summed E-state index contributed by atoms with van der Waals surface area (Å²) in [5.74, 6) is 0.236. The normalized spacial score (nSPS) is 15.5. The topological polar surface area (TPSA) is 58.6 Å². The lowest BCUT2D eigenvalue weighted by Gasteiger charge is -2.35. The van der Waals surface area contributed by atoms with Gasteiger partial charge in [0.15, 0.2) is 0 Å². The number of piperidine rings is 1. The number of ether oxygens (including phenoxy) is 1. The summed E-state index contributed by atoms with van der Waals surface area (Å²) in [6.45, 7) is 4.18. The maximum absolute atomic E-state index is 13.9. The zero-order valence-electron chi connectivity index (χ0n) is 16.3. The van der Waals surface area contributed by atoms with Crippen molar-refractivity contribution in [2.24, 2.45) is 5.92 Å². The maximum Gasteiger partial charge on any atom is 0.255 e. The van der Waals surface area contributed by atoms with Crippen LogP contribution in [0.1, 0.15) is 28.8 Å². The Hall–Kier alpha value is -2.38. The molecule has 0 saturated carbocycles. The Bertz CT molecular complexity index is 751. The van der Waals surface area contributed by atoms with Crippen molar-refractivity contribution in [2.75, 3.05) is 39.9 Å². The molecule has 1 aliphatic heterocycles. The van der Waals surface area contributed by atoms with Gasteiger partial charge in [-0.15, -0.1) is 0 Å². The van der Waals surface area contributed by atoms with Gasteiger partial charge in [-0.1, -0.05) is 18.2 Å². The van der Waals surface area contributed by atoms with Gasteiger partial charge in [-0.25, -0.2) is 4.39 Å². The van der Waals surface area contributed by atoms with Gasteiger partial charge < -0.3 is 9.64 Å². The van der Waals surface area contributed by atoms with E-state index in [-0.39, 0.29) is 11.7 Å². The van der Waals surface area contributed by atoms with Gasteiger partial charge in [-0.2, -0.15) is 10.2 Å². The predicted octanol–water partition coefficient (Wildman–Crippen LogP) is 2.62. The van der Waals surface area contributed by atoms with Crippen molar-refractivity contribution in [3.05, 3.63) is 59.7 Å². The standard InChI is InChI=1S/C21H27FN4O2/c1-28-13-12-26(21(27)18-6-9-23-24-14-18)15-17-7-10-25(11-8-17)16-19-4-2-3-5-20(19)22/h2-6,9,14,17H,7-8,10-13,15-16H2,1H3. The van der Waals surface area contributed by atoms with E-state index in [2.05, 4.69) is 15.1 Å². The lowest BCUT2D eigenvalue weighted by molar-refractivity contribution is 0.0616. The Morgan fingerprint density at radius 2 is 2.04 bits per heavy atom. The second-order valence-electron chi connectivity index (χ2n) is 7.19. The molecule has 0 aliphatic carbocycles. The molecule has 6 nitrogen and oxygen atoms in total. The first kappa shape index (κ1) is 20.4. The lowest BCUT2D eigenvalue weighted by atomic mass is 9.95. The summed E-state index contributed by atoms with van der Waals surface area (Å²) < 4.78 is 19.0. The molecule has 150 valence electrons. The van der Waals surface area contributed by atoms with E-state index in [4.69, 9.17) is 4.74 Å². The van der Waals surface area contributed by atoms with Gasteiger partial charge in [-0.3, -0.25) is 9.69 Å². The van der Waals surface area contributed by atoms with E-state index in [1.54, 1.807) is 19.2 Å². The van der Waals surface area contributed by atoms with E-state index in [9.17, 15) is 9.18 Å². The van der Waals surface area contributed by atoms with Crippen LogP contribution < -0.4 is 0 Å². The first-order valence-electron chi connectivity index (χ1n) is 9.68. The molecule has 0 atom stereocenters. The van der Waals surface area contributed by atoms with Crippen molar-refractivity contribution in [1.82, 2.24) is 20.0 Å². The van der Waals surface area contributed by atoms with Gasteiger partial charge in [0, 0.05) is 32.3 Å². The molecule has 1 saturated heterocycles. The van der Waals surface area contributed by atoms with Crippen LogP contribution in [-0.4, -0.2) is 65.8 Å². The van der Waals surface area contributed by atoms with Crippen LogP contribution in [0, 0.1) is 11.7 Å². The van der Waals surface area contributed by atoms with Crippen molar-refractivity contribution in [3.63, 3.8) is 0 Å². The average Bonchev–Trinajstić information content (AvgIpc) is 2.74. The third-order valence-corrected chi connectivity index (χ3v) is 5.22. The van der Waals surface area contributed by atoms with Gasteiger partial charge in [0.2, 0.25) is 0 Å². The minimum atomic E-state index is -0.146. The molecule has 1 aromatic carbocycles. The van der Waals surface area contributed by atoms with Crippen LogP contribution >= 0.6 is 0 Å². The Balaban J connectivity index is 1.54. The van der Waals surface area contributed by atoms with Crippen molar-refractivity contribution < 1.29 is 13.9 Å². The molecule has 0 unspecified atom stereocenters. The number of hydrogen-bond acceptors (Lipinski definition) is 5. The maximum atomic E-state index is 13.9. The number of carbonyl (C=O) groups is 1. The molecule has 7 heteroatoms. The fourth-order valence-electron chi connectivity index (χ4n) is 3.58. The Labute approximate surface area is 165 Å². The number of aromatic nitrogens is 2. The minimum Gasteiger partial charge on any atom is -0.383 e. The molecule has 1 fully saturated rings. The second-order valence-corrected chi connectivity index (χ2v) is 7.19. The summed E-state index contributed by atoms with van der Waals surface area (Å²) >= 11 is 0. The molecular weight excluding hydrogens is 359 g/mol. The largest absolute Gasteiger partial charge is 0.383 e. The Morgan fingerprint density at radius 3 is 2.71 bits per heavy atom. The highest BCUT2D eigenvalue weighted by atomic mass is 19.1. The number of halogens is 1. The van der Waals surface area contributed by atoms with Crippen LogP contribution in [0.4, 0.5) is 4.39 Å². The summed E-state index contributed by atoms with van der Waals surface area (Å²) in [7, 11) is 1.64. The van der Waals surface area contributed by atoms with Crippen LogP contribution in [0.3, 0.4) is 0 Å². The smallest absolute Gasteiger partial charge is 0.255 e. The molecule has 28 heavy (non-hydrogen) atoms. The molecule has 3 rings (SSSR count). The molecule has 1 aromatic heterocycles. The molecule has 1 amide bonds. The predicted molar refractivity (Wildman–Crippen MR) is 104 cm³/mol. The second kappa shape index (κ2) is 10.2. The van der Waals surface area contributed by atoms with Crippen molar-refractivity contribution >= 4 is 5.91 Å². The van der Waals surface area contributed by atoms with E-state index in [0.717, 1.165) is 31.5 Å². The molecule has 0 bridgehead atoms. The van der Waals surface area contributed by atoms with Crippen molar-refractivity contribution in [2.45, 2.75) is 19.4 Å². The highest BCUT2D eigenvalue weighted by Gasteiger charge is 2.25. The SMILES string of the molecule is COCCN(CC1CCN(Cc2ccccc2F)CC1)C(=O)c1ccnnc1. The molecule has 0 radical (unpaired) electrons. The summed E-state index contributed by atoms with van der Waals surface area (Å²) in [5.41, 5.74) is 1.28. The van der Waals surface area contributed by atoms with Crippen LogP contribution in [0.2, 0.25) is 0 Å². The summed E-state index contributed by atoms with van der Waals surface area (Å²) in [6, 6.07) is 8.63. The molecular formula is C21H27FN4O2. The van der Waals surface area contributed by atoms with E-state index in [0.29, 0.717) is 37.7 Å². The van der Waals surface area contributed by atoms with Gasteiger partial charge in [0.1, 0.15) is 5.82 Å². The number of carbonyl (C=O) groups excluding carboxylic acids is 1. The molecule has 0 spiro atoms. The highest BCUT2D eigenvalue weighted by Crippen LogP contribution is 2.21. The number of rotatable bonds is 8. The highest BCUT2D eigenvalue weighted by molar-refractivity contribution is 5.93. The number of hydrogen-bond donors (Lipinski definition) is 0. The number of amides is 1. The molecule has 1 aliphatic rings. The van der Waals surface area contributed by atoms with Crippen LogP contribution in [0.5, 0.6) is 0 Å². The van der Waals surface area contributed by atoms with E-state index < -0.39 is 0 Å². The van der Waals surface area contributed by atoms with Gasteiger partial charge in [0.25, 0.3) is 5.91 Å². The molecule has 2 heterocycles. The Morgan fingerprint density at radius 1 is 1.25 bits per heavy atom. The summed E-state index contributed by atoms with van der Waals surface area (Å²) in [6.07, 6.45) is 5.00. The number of benzene rings is 1. The minimum absolute atomic E-state index is 0.0410.